The maximum Gasteiger partial charge on any atom is 0.335 e. The maximum absolute atomic E-state index is 12.8. The molecule has 1 amide bonds. The number of aryl methyl sites for hydroxylation is 1. The Hall–Kier alpha value is -3.02. The Kier molecular flexibility index (Phi) is 4.26. The number of hydrogen-bond acceptors (Lipinski definition) is 4. The molecule has 0 radical (unpaired) electrons. The number of aromatic carboxylic acids is 1. The van der Waals surface area contributed by atoms with Gasteiger partial charge in [-0.15, -0.1) is 0 Å². The van der Waals surface area contributed by atoms with Gasteiger partial charge >= 0.3 is 5.97 Å². The van der Waals surface area contributed by atoms with Crippen molar-refractivity contribution in [1.29, 1.82) is 0 Å². The third-order valence-electron chi connectivity index (χ3n) is 5.25. The highest BCUT2D eigenvalue weighted by molar-refractivity contribution is 6.01. The van der Waals surface area contributed by atoms with E-state index in [9.17, 15) is 14.7 Å². The molecule has 140 valence electrons. The average Bonchev–Trinajstić information content (AvgIpc) is 2.65. The van der Waals surface area contributed by atoms with Crippen LogP contribution in [0.15, 0.2) is 36.4 Å². The van der Waals surface area contributed by atoms with E-state index in [0.29, 0.717) is 18.0 Å². The lowest BCUT2D eigenvalue weighted by Crippen LogP contribution is -2.44. The van der Waals surface area contributed by atoms with Gasteiger partial charge in [0.15, 0.2) is 6.10 Å². The van der Waals surface area contributed by atoms with Crippen LogP contribution in [0.3, 0.4) is 0 Å². The number of amides is 1. The van der Waals surface area contributed by atoms with Gasteiger partial charge in [0.2, 0.25) is 0 Å². The molecular formula is C21H22N2O4. The SMILES string of the molecule is CC1Oc2ccc(C(=O)O)cc2N(Cc2ccc3c(c2)CCCN3C)C1=O. The monoisotopic (exact) mass is 366 g/mol. The lowest BCUT2D eigenvalue weighted by molar-refractivity contribution is -0.125. The number of rotatable bonds is 3. The summed E-state index contributed by atoms with van der Waals surface area (Å²) in [6.07, 6.45) is 1.54. The summed E-state index contributed by atoms with van der Waals surface area (Å²) in [5, 5.41) is 9.29. The van der Waals surface area contributed by atoms with Crippen molar-refractivity contribution in [3.8, 4) is 5.75 Å². The molecule has 0 bridgehead atoms. The minimum absolute atomic E-state index is 0.136. The molecule has 2 aliphatic heterocycles. The maximum atomic E-state index is 12.8. The Morgan fingerprint density at radius 3 is 2.81 bits per heavy atom. The number of anilines is 2. The third-order valence-corrected chi connectivity index (χ3v) is 5.25. The largest absolute Gasteiger partial charge is 0.479 e. The first-order valence-electron chi connectivity index (χ1n) is 9.12. The van der Waals surface area contributed by atoms with Crippen LogP contribution in [0.4, 0.5) is 11.4 Å². The van der Waals surface area contributed by atoms with E-state index in [4.69, 9.17) is 4.74 Å². The minimum Gasteiger partial charge on any atom is -0.479 e. The van der Waals surface area contributed by atoms with Crippen LogP contribution in [0.25, 0.3) is 0 Å². The highest BCUT2D eigenvalue weighted by atomic mass is 16.5. The quantitative estimate of drug-likeness (QED) is 0.904. The molecule has 1 unspecified atom stereocenters. The fourth-order valence-electron chi connectivity index (χ4n) is 3.82. The van der Waals surface area contributed by atoms with E-state index in [0.717, 1.165) is 24.9 Å². The van der Waals surface area contributed by atoms with E-state index in [1.807, 2.05) is 6.07 Å². The lowest BCUT2D eigenvalue weighted by atomic mass is 9.99. The van der Waals surface area contributed by atoms with Gasteiger partial charge in [-0.3, -0.25) is 4.79 Å². The Balaban J connectivity index is 1.70. The summed E-state index contributed by atoms with van der Waals surface area (Å²) in [6, 6.07) is 10.9. The molecule has 0 saturated heterocycles. The fraction of sp³-hybridized carbons (Fsp3) is 0.333. The molecule has 6 heteroatoms. The molecular weight excluding hydrogens is 344 g/mol. The van der Waals surface area contributed by atoms with Crippen LogP contribution in [0.5, 0.6) is 5.75 Å². The van der Waals surface area contributed by atoms with Crippen LogP contribution < -0.4 is 14.5 Å². The smallest absolute Gasteiger partial charge is 0.335 e. The summed E-state index contributed by atoms with van der Waals surface area (Å²) in [7, 11) is 2.09. The zero-order chi connectivity index (χ0) is 19.1. The molecule has 1 atom stereocenters. The van der Waals surface area contributed by atoms with E-state index in [2.05, 4.69) is 24.1 Å². The first kappa shape index (κ1) is 17.4. The molecule has 6 nitrogen and oxygen atoms in total. The minimum atomic E-state index is -1.03. The summed E-state index contributed by atoms with van der Waals surface area (Å²) in [5.41, 5.74) is 4.19. The van der Waals surface area contributed by atoms with Crippen molar-refractivity contribution < 1.29 is 19.4 Å². The second-order valence-electron chi connectivity index (χ2n) is 7.16. The van der Waals surface area contributed by atoms with Crippen molar-refractivity contribution in [3.63, 3.8) is 0 Å². The molecule has 0 aromatic heterocycles. The molecule has 0 spiro atoms. The molecule has 0 aliphatic carbocycles. The first-order valence-corrected chi connectivity index (χ1v) is 9.12. The number of ether oxygens (including phenoxy) is 1. The van der Waals surface area contributed by atoms with Crippen molar-refractivity contribution in [3.05, 3.63) is 53.1 Å². The van der Waals surface area contributed by atoms with Crippen LogP contribution >= 0.6 is 0 Å². The zero-order valence-corrected chi connectivity index (χ0v) is 15.4. The van der Waals surface area contributed by atoms with E-state index in [1.54, 1.807) is 17.9 Å². The van der Waals surface area contributed by atoms with Crippen LogP contribution in [0.2, 0.25) is 0 Å². The van der Waals surface area contributed by atoms with Crippen LogP contribution in [0, 0.1) is 0 Å². The van der Waals surface area contributed by atoms with Crippen molar-refractivity contribution >= 4 is 23.3 Å². The predicted molar refractivity (Wildman–Crippen MR) is 103 cm³/mol. The predicted octanol–water partition coefficient (Wildman–Crippen LogP) is 3.08. The van der Waals surface area contributed by atoms with Gasteiger partial charge in [0.1, 0.15) is 5.75 Å². The Morgan fingerprint density at radius 2 is 2.04 bits per heavy atom. The molecule has 0 fully saturated rings. The highest BCUT2D eigenvalue weighted by Crippen LogP contribution is 2.36. The molecule has 1 N–H and O–H groups in total. The van der Waals surface area contributed by atoms with E-state index < -0.39 is 12.1 Å². The van der Waals surface area contributed by atoms with E-state index in [1.165, 1.54) is 23.4 Å². The average molecular weight is 366 g/mol. The normalized spacial score (nSPS) is 18.6. The zero-order valence-electron chi connectivity index (χ0n) is 15.4. The first-order chi connectivity index (χ1) is 12.9. The Labute approximate surface area is 158 Å². The van der Waals surface area contributed by atoms with Crippen LogP contribution in [0.1, 0.15) is 34.8 Å². The molecule has 2 heterocycles. The van der Waals surface area contributed by atoms with Gasteiger partial charge < -0.3 is 19.6 Å². The van der Waals surface area contributed by atoms with Gasteiger partial charge in [0.05, 0.1) is 17.8 Å². The number of carbonyl (C=O) groups is 2. The summed E-state index contributed by atoms with van der Waals surface area (Å²) in [5.74, 6) is -0.662. The summed E-state index contributed by atoms with van der Waals surface area (Å²) in [4.78, 5) is 28.0. The highest BCUT2D eigenvalue weighted by Gasteiger charge is 2.32. The number of carbonyl (C=O) groups excluding carboxylic acids is 1. The lowest BCUT2D eigenvalue weighted by Gasteiger charge is -2.34. The molecule has 27 heavy (non-hydrogen) atoms. The van der Waals surface area contributed by atoms with Gasteiger partial charge in [0, 0.05) is 19.3 Å². The van der Waals surface area contributed by atoms with Crippen LogP contribution in [-0.2, 0) is 17.8 Å². The van der Waals surface area contributed by atoms with Gasteiger partial charge in [-0.2, -0.15) is 0 Å². The number of nitrogens with zero attached hydrogens (tertiary/aromatic N) is 2. The van der Waals surface area contributed by atoms with Crippen molar-refractivity contribution in [2.24, 2.45) is 0 Å². The second-order valence-corrected chi connectivity index (χ2v) is 7.16. The summed E-state index contributed by atoms with van der Waals surface area (Å²) >= 11 is 0. The number of carboxylic acid groups (broad SMARTS) is 1. The number of benzene rings is 2. The van der Waals surface area contributed by atoms with Crippen molar-refractivity contribution in [1.82, 2.24) is 0 Å². The van der Waals surface area contributed by atoms with Gasteiger partial charge in [-0.25, -0.2) is 4.79 Å². The van der Waals surface area contributed by atoms with E-state index >= 15 is 0 Å². The fourth-order valence-corrected chi connectivity index (χ4v) is 3.82. The van der Waals surface area contributed by atoms with Gasteiger partial charge in [-0.1, -0.05) is 12.1 Å². The van der Waals surface area contributed by atoms with Gasteiger partial charge in [0.25, 0.3) is 5.91 Å². The number of carboxylic acids is 1. The number of hydrogen-bond donors (Lipinski definition) is 1. The second kappa shape index (κ2) is 6.61. The van der Waals surface area contributed by atoms with Crippen molar-refractivity contribution in [2.75, 3.05) is 23.4 Å². The topological polar surface area (TPSA) is 70.1 Å². The van der Waals surface area contributed by atoms with Gasteiger partial charge in [-0.05, 0) is 55.2 Å². The molecule has 2 aromatic rings. The summed E-state index contributed by atoms with van der Waals surface area (Å²) < 4.78 is 5.66. The van der Waals surface area contributed by atoms with Crippen LogP contribution in [-0.4, -0.2) is 36.7 Å². The van der Waals surface area contributed by atoms with Crippen molar-refractivity contribution in [2.45, 2.75) is 32.4 Å². The molecule has 0 saturated carbocycles. The number of fused-ring (bicyclic) bond motifs is 2. The standard InChI is InChI=1S/C21H22N2O4/c1-13-20(24)23(18-11-16(21(25)26)6-8-19(18)27-13)12-14-5-7-17-15(10-14)4-3-9-22(17)2/h5-8,10-11,13H,3-4,9,12H2,1-2H3,(H,25,26). The Morgan fingerprint density at radius 1 is 1.22 bits per heavy atom. The third kappa shape index (κ3) is 3.12. The summed E-state index contributed by atoms with van der Waals surface area (Å²) in [6.45, 7) is 3.15. The molecule has 2 aromatic carbocycles. The van der Waals surface area contributed by atoms with E-state index in [-0.39, 0.29) is 11.5 Å². The Bertz CT molecular complexity index is 924. The molecule has 2 aliphatic rings. The molecule has 4 rings (SSSR count).